The number of carbonyl (C=O) groups is 3. The topological polar surface area (TPSA) is 91.4 Å². The van der Waals surface area contributed by atoms with Crippen LogP contribution in [-0.2, 0) is 28.5 Å². The van der Waals surface area contributed by atoms with Crippen molar-refractivity contribution in [3.63, 3.8) is 0 Å². The number of hydrogen-bond donors (Lipinski definition) is 0. The van der Waals surface area contributed by atoms with E-state index in [0.29, 0.717) is 18.9 Å². The molecule has 8 heteroatoms. The van der Waals surface area contributed by atoms with Gasteiger partial charge in [-0.25, -0.2) is 9.59 Å². The molecule has 1 rings (SSSR count). The van der Waals surface area contributed by atoms with Crippen molar-refractivity contribution < 1.29 is 33.3 Å². The summed E-state index contributed by atoms with van der Waals surface area (Å²) >= 11 is 0. The number of unbranched alkanes of at least 4 members (excludes halogenated alkanes) is 11. The number of hydrogen-bond acceptors (Lipinski definition) is 8. The summed E-state index contributed by atoms with van der Waals surface area (Å²) in [6, 6.07) is 0. The molecular formula is C43H75NO7. The Bertz CT molecular complexity index is 967. The minimum Gasteiger partial charge on any atom is -0.465 e. The molecule has 0 bridgehead atoms. The summed E-state index contributed by atoms with van der Waals surface area (Å²) < 4.78 is 21.9. The molecule has 0 radical (unpaired) electrons. The Kier molecular flexibility index (Phi) is 30.2. The fourth-order valence-corrected chi connectivity index (χ4v) is 6.17. The molecule has 0 aliphatic carbocycles. The Labute approximate surface area is 312 Å². The van der Waals surface area contributed by atoms with Crippen LogP contribution in [0.15, 0.2) is 36.0 Å². The predicted octanol–water partition coefficient (Wildman–Crippen LogP) is 11.1. The second kappa shape index (κ2) is 33.2. The average Bonchev–Trinajstić information content (AvgIpc) is 3.12. The van der Waals surface area contributed by atoms with Crippen molar-refractivity contribution in [3.05, 3.63) is 36.0 Å². The van der Waals surface area contributed by atoms with E-state index in [0.717, 1.165) is 115 Å². The lowest BCUT2D eigenvalue weighted by Crippen LogP contribution is -2.30. The van der Waals surface area contributed by atoms with E-state index in [4.69, 9.17) is 18.9 Å². The standard InChI is InChI=1S/C43H75NO7/c1-5-8-10-12-13-14-15-16-17-18-19-20-21-22-24-27-41(45)49-35-40(36-50-42(46)34-39(25-7-3)26-23-11-9-6-2)37-51-43(47)48-33-30-38-28-31-44(4)32-29-38/h13-14,16-17,34,38,40H,5-12,15,18-33,35-37H2,1-4H3/b14-13-,17-16-,39-34+. The highest BCUT2D eigenvalue weighted by atomic mass is 16.7. The summed E-state index contributed by atoms with van der Waals surface area (Å²) in [5, 5.41) is 0. The van der Waals surface area contributed by atoms with Crippen molar-refractivity contribution >= 4 is 18.1 Å². The Morgan fingerprint density at radius 3 is 1.94 bits per heavy atom. The Morgan fingerprint density at radius 2 is 1.24 bits per heavy atom. The quantitative estimate of drug-likeness (QED) is 0.0230. The summed E-state index contributed by atoms with van der Waals surface area (Å²) in [5.74, 6) is -0.611. The number of rotatable bonds is 31. The molecule has 1 aliphatic rings. The molecule has 0 N–H and O–H groups in total. The van der Waals surface area contributed by atoms with Gasteiger partial charge in [0, 0.05) is 12.5 Å². The third kappa shape index (κ3) is 28.6. The van der Waals surface area contributed by atoms with Crippen LogP contribution in [0.3, 0.4) is 0 Å². The molecule has 0 aromatic rings. The summed E-state index contributed by atoms with van der Waals surface area (Å²) in [5.41, 5.74) is 1.10. The van der Waals surface area contributed by atoms with Crippen LogP contribution in [0.5, 0.6) is 0 Å². The molecule has 0 amide bonds. The molecule has 1 unspecified atom stereocenters. The van der Waals surface area contributed by atoms with Gasteiger partial charge in [0.2, 0.25) is 0 Å². The molecule has 294 valence electrons. The van der Waals surface area contributed by atoms with Crippen molar-refractivity contribution in [2.75, 3.05) is 46.6 Å². The van der Waals surface area contributed by atoms with Gasteiger partial charge in [0.25, 0.3) is 0 Å². The van der Waals surface area contributed by atoms with Gasteiger partial charge in [-0.1, -0.05) is 108 Å². The van der Waals surface area contributed by atoms with Crippen molar-refractivity contribution in [1.82, 2.24) is 4.90 Å². The van der Waals surface area contributed by atoms with E-state index in [1.54, 1.807) is 6.08 Å². The number of nitrogens with zero attached hydrogens (tertiary/aromatic N) is 1. The maximum atomic E-state index is 12.7. The highest BCUT2D eigenvalue weighted by molar-refractivity contribution is 5.82. The number of likely N-dealkylation sites (tertiary alicyclic amines) is 1. The molecule has 0 spiro atoms. The molecule has 8 nitrogen and oxygen atoms in total. The largest absolute Gasteiger partial charge is 0.508 e. The Morgan fingerprint density at radius 1 is 0.647 bits per heavy atom. The van der Waals surface area contributed by atoms with Gasteiger partial charge in [0.15, 0.2) is 0 Å². The molecule has 51 heavy (non-hydrogen) atoms. The smallest absolute Gasteiger partial charge is 0.465 e. The molecule has 0 aromatic heterocycles. The minimum absolute atomic E-state index is 0.00951. The SMILES string of the molecule is CCCCC/C=C\C/C=C\CCCCCCCC(=O)OCC(COC(=O)/C=C(\CCC)CCCCCC)COC(=O)OCCC1CCN(C)CC1. The molecular weight excluding hydrogens is 642 g/mol. The van der Waals surface area contributed by atoms with Gasteiger partial charge < -0.3 is 23.8 Å². The molecule has 1 heterocycles. The van der Waals surface area contributed by atoms with Crippen LogP contribution in [0.4, 0.5) is 4.79 Å². The van der Waals surface area contributed by atoms with Gasteiger partial charge in [-0.15, -0.1) is 0 Å². The minimum atomic E-state index is -0.743. The second-order valence-corrected chi connectivity index (χ2v) is 14.5. The van der Waals surface area contributed by atoms with Gasteiger partial charge in [0.1, 0.15) is 19.8 Å². The molecule has 1 fully saturated rings. The summed E-state index contributed by atoms with van der Waals surface area (Å²) in [6.07, 6.45) is 33.0. The van der Waals surface area contributed by atoms with Crippen LogP contribution in [0.25, 0.3) is 0 Å². The fourth-order valence-electron chi connectivity index (χ4n) is 6.17. The van der Waals surface area contributed by atoms with E-state index in [1.165, 1.54) is 38.5 Å². The van der Waals surface area contributed by atoms with E-state index in [-0.39, 0.29) is 25.8 Å². The van der Waals surface area contributed by atoms with Crippen molar-refractivity contribution in [1.29, 1.82) is 0 Å². The molecule has 1 aliphatic heterocycles. The van der Waals surface area contributed by atoms with Crippen LogP contribution in [-0.4, -0.2) is 69.6 Å². The lowest BCUT2D eigenvalue weighted by molar-refractivity contribution is -0.148. The van der Waals surface area contributed by atoms with E-state index in [9.17, 15) is 14.4 Å². The normalized spacial score (nSPS) is 15.0. The first-order valence-electron chi connectivity index (χ1n) is 20.7. The summed E-state index contributed by atoms with van der Waals surface area (Å²) in [7, 11) is 2.13. The predicted molar refractivity (Wildman–Crippen MR) is 209 cm³/mol. The number of piperidine rings is 1. The van der Waals surface area contributed by atoms with Gasteiger partial charge in [0.05, 0.1) is 12.5 Å². The van der Waals surface area contributed by atoms with Gasteiger partial charge in [-0.3, -0.25) is 4.79 Å². The first-order chi connectivity index (χ1) is 24.9. The lowest BCUT2D eigenvalue weighted by atomic mass is 9.94. The highest BCUT2D eigenvalue weighted by Crippen LogP contribution is 2.20. The first kappa shape index (κ1) is 46.4. The van der Waals surface area contributed by atoms with Gasteiger partial charge in [-0.05, 0) is 103 Å². The number of esters is 2. The third-order valence-electron chi connectivity index (χ3n) is 9.54. The van der Waals surface area contributed by atoms with Crippen LogP contribution in [0, 0.1) is 11.8 Å². The molecule has 0 aromatic carbocycles. The maximum absolute atomic E-state index is 12.7. The number of carbonyl (C=O) groups excluding carboxylic acids is 3. The first-order valence-corrected chi connectivity index (χ1v) is 20.7. The van der Waals surface area contributed by atoms with E-state index in [1.807, 2.05) is 0 Å². The van der Waals surface area contributed by atoms with Gasteiger partial charge in [-0.2, -0.15) is 0 Å². The lowest BCUT2D eigenvalue weighted by Gasteiger charge is -2.28. The van der Waals surface area contributed by atoms with Crippen molar-refractivity contribution in [2.24, 2.45) is 11.8 Å². The zero-order chi connectivity index (χ0) is 37.2. The average molecular weight is 718 g/mol. The summed E-state index contributed by atoms with van der Waals surface area (Å²) in [6.45, 7) is 8.92. The van der Waals surface area contributed by atoms with E-state index < -0.39 is 18.0 Å². The van der Waals surface area contributed by atoms with Crippen LogP contribution >= 0.6 is 0 Å². The van der Waals surface area contributed by atoms with Crippen LogP contribution < -0.4 is 0 Å². The molecule has 1 saturated heterocycles. The van der Waals surface area contributed by atoms with Crippen molar-refractivity contribution in [2.45, 2.75) is 162 Å². The van der Waals surface area contributed by atoms with Crippen molar-refractivity contribution in [3.8, 4) is 0 Å². The molecule has 1 atom stereocenters. The van der Waals surface area contributed by atoms with E-state index in [2.05, 4.69) is 57.0 Å². The zero-order valence-electron chi connectivity index (χ0n) is 33.1. The Balaban J connectivity index is 2.43. The number of allylic oxidation sites excluding steroid dienone is 5. The van der Waals surface area contributed by atoms with E-state index >= 15 is 0 Å². The Hall–Kier alpha value is -2.61. The monoisotopic (exact) mass is 718 g/mol. The highest BCUT2D eigenvalue weighted by Gasteiger charge is 2.20. The fraction of sp³-hybridized carbons (Fsp3) is 0.791. The van der Waals surface area contributed by atoms with Crippen LogP contribution in [0.1, 0.15) is 162 Å². The molecule has 0 saturated carbocycles. The maximum Gasteiger partial charge on any atom is 0.508 e. The van der Waals surface area contributed by atoms with Gasteiger partial charge >= 0.3 is 18.1 Å². The second-order valence-electron chi connectivity index (χ2n) is 14.5. The summed E-state index contributed by atoms with van der Waals surface area (Å²) in [4.78, 5) is 40.0. The number of ether oxygens (including phenoxy) is 4. The van der Waals surface area contributed by atoms with Crippen LogP contribution in [0.2, 0.25) is 0 Å². The third-order valence-corrected chi connectivity index (χ3v) is 9.54. The zero-order valence-corrected chi connectivity index (χ0v) is 33.1.